The number of ether oxygens (including phenoxy) is 1. The van der Waals surface area contributed by atoms with Crippen LogP contribution in [0.5, 0.6) is 5.75 Å². The maximum atomic E-state index is 12.7. The lowest BCUT2D eigenvalue weighted by Crippen LogP contribution is -2.37. The molecular weight excluding hydrogens is 388 g/mol. The summed E-state index contributed by atoms with van der Waals surface area (Å²) >= 11 is 0. The third-order valence-electron chi connectivity index (χ3n) is 4.56. The van der Waals surface area contributed by atoms with Gasteiger partial charge in [0.15, 0.2) is 6.17 Å². The van der Waals surface area contributed by atoms with Crippen LogP contribution in [0, 0.1) is 17.0 Å². The van der Waals surface area contributed by atoms with E-state index in [9.17, 15) is 14.9 Å². The number of benzene rings is 2. The van der Waals surface area contributed by atoms with E-state index in [1.165, 1.54) is 22.8 Å². The minimum absolute atomic E-state index is 0.0390. The lowest BCUT2D eigenvalue weighted by molar-refractivity contribution is -0.384. The van der Waals surface area contributed by atoms with Crippen LogP contribution in [0.1, 0.15) is 17.4 Å². The molecule has 10 nitrogen and oxygen atoms in total. The molecule has 0 unspecified atom stereocenters. The third-order valence-corrected chi connectivity index (χ3v) is 4.56. The summed E-state index contributed by atoms with van der Waals surface area (Å²) in [6.45, 7) is 1.73. The van der Waals surface area contributed by atoms with Crippen LogP contribution in [0.25, 0.3) is 0 Å². The standard InChI is InChI=1S/C20H18N6O4/c1-12-11-17(27)25-18(13-3-7-15(8-4-13)26(28)29)23-19(24-20(25)21-12)22-14-5-9-16(30-2)10-6-14/h3-11,18H,1-2H3,(H2,21,22,23,24)/t18-/m1/s1. The fraction of sp³-hybridized carbons (Fsp3) is 0.150. The number of fused-ring (bicyclic) bond motifs is 1. The van der Waals surface area contributed by atoms with Gasteiger partial charge in [-0.2, -0.15) is 0 Å². The molecule has 3 aromatic rings. The summed E-state index contributed by atoms with van der Waals surface area (Å²) < 4.78 is 6.57. The molecule has 2 aromatic carbocycles. The molecule has 0 fully saturated rings. The fourth-order valence-electron chi connectivity index (χ4n) is 3.11. The molecule has 0 saturated heterocycles. The molecule has 0 aliphatic carbocycles. The van der Waals surface area contributed by atoms with Crippen LogP contribution >= 0.6 is 0 Å². The van der Waals surface area contributed by atoms with Crippen molar-refractivity contribution >= 4 is 23.3 Å². The molecule has 0 amide bonds. The molecular formula is C20H18N6O4. The van der Waals surface area contributed by atoms with E-state index < -0.39 is 11.1 Å². The van der Waals surface area contributed by atoms with Crippen molar-refractivity contribution in [2.75, 3.05) is 17.7 Å². The highest BCUT2D eigenvalue weighted by atomic mass is 16.6. The van der Waals surface area contributed by atoms with Crippen LogP contribution in [0.15, 0.2) is 64.4 Å². The summed E-state index contributed by atoms with van der Waals surface area (Å²) in [5.74, 6) is 1.44. The zero-order valence-corrected chi connectivity index (χ0v) is 16.2. The molecule has 152 valence electrons. The number of aliphatic imine (C=N–C) groups is 1. The summed E-state index contributed by atoms with van der Waals surface area (Å²) in [6.07, 6.45) is -0.733. The summed E-state index contributed by atoms with van der Waals surface area (Å²) in [5.41, 5.74) is 1.62. The Balaban J connectivity index is 1.74. The summed E-state index contributed by atoms with van der Waals surface area (Å²) in [6, 6.07) is 14.6. The van der Waals surface area contributed by atoms with E-state index >= 15 is 0 Å². The van der Waals surface area contributed by atoms with Crippen LogP contribution in [0.4, 0.5) is 17.3 Å². The monoisotopic (exact) mass is 406 g/mol. The maximum Gasteiger partial charge on any atom is 0.269 e. The van der Waals surface area contributed by atoms with E-state index in [1.807, 2.05) is 12.1 Å². The van der Waals surface area contributed by atoms with E-state index in [2.05, 4.69) is 20.6 Å². The number of hydrogen-bond donors (Lipinski definition) is 2. The van der Waals surface area contributed by atoms with Crippen LogP contribution in [0.2, 0.25) is 0 Å². The van der Waals surface area contributed by atoms with Gasteiger partial charge in [-0.3, -0.25) is 24.8 Å². The van der Waals surface area contributed by atoms with Crippen molar-refractivity contribution in [1.29, 1.82) is 0 Å². The first-order valence-electron chi connectivity index (χ1n) is 9.05. The smallest absolute Gasteiger partial charge is 0.269 e. The molecule has 0 radical (unpaired) electrons. The summed E-state index contributed by atoms with van der Waals surface area (Å²) in [5, 5.41) is 17.2. The molecule has 4 rings (SSSR count). The quantitative estimate of drug-likeness (QED) is 0.504. The number of nitrogens with one attached hydrogen (secondary N) is 2. The van der Waals surface area contributed by atoms with Gasteiger partial charge >= 0.3 is 0 Å². The van der Waals surface area contributed by atoms with Gasteiger partial charge in [0.1, 0.15) is 5.75 Å². The van der Waals surface area contributed by atoms with Crippen molar-refractivity contribution in [2.45, 2.75) is 13.1 Å². The normalized spacial score (nSPS) is 14.9. The summed E-state index contributed by atoms with van der Waals surface area (Å²) in [7, 11) is 1.59. The number of nitro groups is 1. The second-order valence-corrected chi connectivity index (χ2v) is 6.61. The Labute approximate surface area is 171 Å². The van der Waals surface area contributed by atoms with Gasteiger partial charge in [0.25, 0.3) is 11.2 Å². The molecule has 1 aliphatic heterocycles. The number of nitro benzene ring substituents is 1. The average Bonchev–Trinajstić information content (AvgIpc) is 2.73. The number of nitrogens with zero attached hydrogens (tertiary/aromatic N) is 4. The van der Waals surface area contributed by atoms with Gasteiger partial charge < -0.3 is 10.1 Å². The Bertz CT molecular complexity index is 1190. The zero-order chi connectivity index (χ0) is 21.3. The van der Waals surface area contributed by atoms with Crippen molar-refractivity contribution in [2.24, 2.45) is 4.99 Å². The molecule has 2 N–H and O–H groups in total. The van der Waals surface area contributed by atoms with Gasteiger partial charge in [-0.1, -0.05) is 0 Å². The van der Waals surface area contributed by atoms with E-state index in [-0.39, 0.29) is 11.2 Å². The Morgan fingerprint density at radius 3 is 2.50 bits per heavy atom. The van der Waals surface area contributed by atoms with Crippen LogP contribution in [0.3, 0.4) is 0 Å². The second kappa shape index (κ2) is 7.66. The SMILES string of the molecule is COc1ccc(NC2=N[C@@H](c3ccc([N+](=O)[O-])cc3)n3c(nc(C)cc3=O)N2)cc1. The highest BCUT2D eigenvalue weighted by Crippen LogP contribution is 2.27. The number of rotatable bonds is 4. The van der Waals surface area contributed by atoms with E-state index in [4.69, 9.17) is 4.74 Å². The number of anilines is 2. The molecule has 10 heteroatoms. The number of aromatic nitrogens is 2. The number of non-ortho nitro benzene ring substituents is 1. The minimum Gasteiger partial charge on any atom is -0.497 e. The fourth-order valence-corrected chi connectivity index (χ4v) is 3.11. The molecule has 30 heavy (non-hydrogen) atoms. The lowest BCUT2D eigenvalue weighted by Gasteiger charge is -2.27. The average molecular weight is 406 g/mol. The minimum atomic E-state index is -0.733. The topological polar surface area (TPSA) is 124 Å². The van der Waals surface area contributed by atoms with Crippen molar-refractivity contribution in [3.63, 3.8) is 0 Å². The Kier molecular flexibility index (Phi) is 4.88. The molecule has 2 heterocycles. The summed E-state index contributed by atoms with van der Waals surface area (Å²) in [4.78, 5) is 32.2. The first-order valence-corrected chi connectivity index (χ1v) is 9.05. The molecule has 1 atom stereocenters. The van der Waals surface area contributed by atoms with Gasteiger partial charge in [-0.25, -0.2) is 9.98 Å². The maximum absolute atomic E-state index is 12.7. The van der Waals surface area contributed by atoms with E-state index in [0.717, 1.165) is 11.4 Å². The van der Waals surface area contributed by atoms with Crippen molar-refractivity contribution < 1.29 is 9.66 Å². The van der Waals surface area contributed by atoms with Gasteiger partial charge in [0.2, 0.25) is 11.9 Å². The number of hydrogen-bond acceptors (Lipinski definition) is 8. The molecule has 1 aromatic heterocycles. The first kappa shape index (κ1) is 19.1. The Morgan fingerprint density at radius 2 is 1.87 bits per heavy atom. The van der Waals surface area contributed by atoms with Crippen LogP contribution in [-0.4, -0.2) is 27.5 Å². The first-order chi connectivity index (χ1) is 14.4. The van der Waals surface area contributed by atoms with Crippen LogP contribution in [-0.2, 0) is 0 Å². The number of methoxy groups -OCH3 is 1. The predicted molar refractivity (Wildman–Crippen MR) is 112 cm³/mol. The second-order valence-electron chi connectivity index (χ2n) is 6.61. The highest BCUT2D eigenvalue weighted by Gasteiger charge is 2.25. The molecule has 0 bridgehead atoms. The van der Waals surface area contributed by atoms with E-state index in [1.54, 1.807) is 38.3 Å². The molecule has 1 aliphatic rings. The predicted octanol–water partition coefficient (Wildman–Crippen LogP) is 2.91. The van der Waals surface area contributed by atoms with Crippen molar-refractivity contribution in [1.82, 2.24) is 9.55 Å². The van der Waals surface area contributed by atoms with Gasteiger partial charge in [-0.15, -0.1) is 0 Å². The number of guanidine groups is 1. The van der Waals surface area contributed by atoms with E-state index in [0.29, 0.717) is 23.2 Å². The largest absolute Gasteiger partial charge is 0.497 e. The zero-order valence-electron chi connectivity index (χ0n) is 16.2. The third kappa shape index (κ3) is 3.70. The van der Waals surface area contributed by atoms with Gasteiger partial charge in [-0.05, 0) is 48.9 Å². The highest BCUT2D eigenvalue weighted by molar-refractivity contribution is 6.03. The Morgan fingerprint density at radius 1 is 1.17 bits per heavy atom. The molecule has 0 spiro atoms. The lowest BCUT2D eigenvalue weighted by atomic mass is 10.1. The van der Waals surface area contributed by atoms with Crippen molar-refractivity contribution in [3.8, 4) is 5.75 Å². The van der Waals surface area contributed by atoms with Gasteiger partial charge in [0, 0.05) is 29.6 Å². The Hall–Kier alpha value is -4.21. The van der Waals surface area contributed by atoms with Crippen molar-refractivity contribution in [3.05, 3.63) is 86.3 Å². The van der Waals surface area contributed by atoms with Gasteiger partial charge in [0.05, 0.1) is 12.0 Å². The molecule has 0 saturated carbocycles. The van der Waals surface area contributed by atoms with Crippen LogP contribution < -0.4 is 20.9 Å². The number of aryl methyl sites for hydroxylation is 1.